The minimum absolute atomic E-state index is 0.197. The van der Waals surface area contributed by atoms with Crippen LogP contribution in [-0.2, 0) is 4.52 Å². The highest BCUT2D eigenvalue weighted by atomic mass is 35.5. The number of rotatable bonds is 8. The third-order valence-corrected chi connectivity index (χ3v) is 4.63. The molecule has 0 heterocycles. The van der Waals surface area contributed by atoms with E-state index in [1.165, 1.54) is 0 Å². The van der Waals surface area contributed by atoms with Gasteiger partial charge in [-0.15, -0.1) is 0 Å². The SMILES string of the molecule is CCCC(OP(O)Oc1ccccc1)C(=O)c1c(Cl)cccc1Cl. The molecule has 0 aliphatic carbocycles. The molecule has 128 valence electrons. The number of hydrogen-bond acceptors (Lipinski definition) is 4. The Morgan fingerprint density at radius 2 is 1.75 bits per heavy atom. The fourth-order valence-electron chi connectivity index (χ4n) is 2.09. The van der Waals surface area contributed by atoms with Gasteiger partial charge in [0.15, 0.2) is 5.78 Å². The van der Waals surface area contributed by atoms with Crippen molar-refractivity contribution in [1.82, 2.24) is 0 Å². The lowest BCUT2D eigenvalue weighted by molar-refractivity contribution is 0.0753. The first-order valence-electron chi connectivity index (χ1n) is 7.40. The third kappa shape index (κ3) is 5.17. The summed E-state index contributed by atoms with van der Waals surface area (Å²) < 4.78 is 10.8. The van der Waals surface area contributed by atoms with Gasteiger partial charge in [-0.2, -0.15) is 0 Å². The van der Waals surface area contributed by atoms with E-state index in [0.717, 1.165) is 0 Å². The zero-order chi connectivity index (χ0) is 17.5. The zero-order valence-electron chi connectivity index (χ0n) is 13.0. The highest BCUT2D eigenvalue weighted by Gasteiger charge is 2.28. The van der Waals surface area contributed by atoms with Gasteiger partial charge in [0.25, 0.3) is 0 Å². The number of para-hydroxylation sites is 1. The molecule has 0 aromatic heterocycles. The molecule has 0 aliphatic rings. The minimum Gasteiger partial charge on any atom is -0.427 e. The van der Waals surface area contributed by atoms with Gasteiger partial charge in [0, 0.05) is 0 Å². The van der Waals surface area contributed by atoms with E-state index in [4.69, 9.17) is 32.2 Å². The molecule has 0 aliphatic heterocycles. The van der Waals surface area contributed by atoms with Crippen molar-refractivity contribution < 1.29 is 18.7 Å². The summed E-state index contributed by atoms with van der Waals surface area (Å²) in [6.45, 7) is 1.91. The number of halogens is 2. The first-order chi connectivity index (χ1) is 11.5. The van der Waals surface area contributed by atoms with Crippen LogP contribution in [-0.4, -0.2) is 16.8 Å². The number of carbonyl (C=O) groups is 1. The molecule has 2 unspecified atom stereocenters. The molecule has 2 aromatic rings. The Kier molecular flexibility index (Phi) is 7.47. The quantitative estimate of drug-likeness (QED) is 0.469. The average Bonchev–Trinajstić information content (AvgIpc) is 2.55. The molecule has 7 heteroatoms. The Bertz CT molecular complexity index is 661. The van der Waals surface area contributed by atoms with E-state index in [1.54, 1.807) is 42.5 Å². The molecule has 2 rings (SSSR count). The maximum absolute atomic E-state index is 12.7. The second-order valence-electron chi connectivity index (χ2n) is 4.99. The summed E-state index contributed by atoms with van der Waals surface area (Å²) in [4.78, 5) is 22.8. The Hall–Kier alpha value is -1.16. The molecule has 0 amide bonds. The Balaban J connectivity index is 2.12. The smallest absolute Gasteiger partial charge is 0.395 e. The summed E-state index contributed by atoms with van der Waals surface area (Å²) in [7, 11) is -2.26. The molecule has 2 atom stereocenters. The molecule has 1 N–H and O–H groups in total. The van der Waals surface area contributed by atoms with Crippen molar-refractivity contribution in [2.45, 2.75) is 25.9 Å². The monoisotopic (exact) mass is 386 g/mol. The minimum atomic E-state index is -2.26. The molecule has 0 fully saturated rings. The second kappa shape index (κ2) is 9.36. The van der Waals surface area contributed by atoms with Crippen molar-refractivity contribution in [1.29, 1.82) is 0 Å². The maximum Gasteiger partial charge on any atom is 0.395 e. The van der Waals surface area contributed by atoms with Gasteiger partial charge >= 0.3 is 8.60 Å². The summed E-state index contributed by atoms with van der Waals surface area (Å²) in [6.07, 6.45) is 0.220. The van der Waals surface area contributed by atoms with Gasteiger partial charge in [0.1, 0.15) is 11.9 Å². The number of Topliss-reactive ketones (excluding diaryl/α,β-unsaturated/α-hetero) is 1. The lowest BCUT2D eigenvalue weighted by atomic mass is 10.0. The van der Waals surface area contributed by atoms with Crippen LogP contribution in [0.25, 0.3) is 0 Å². The van der Waals surface area contributed by atoms with E-state index in [-0.39, 0.29) is 21.4 Å². The van der Waals surface area contributed by atoms with Crippen molar-refractivity contribution in [3.63, 3.8) is 0 Å². The van der Waals surface area contributed by atoms with E-state index in [9.17, 15) is 9.69 Å². The lowest BCUT2D eigenvalue weighted by Gasteiger charge is -2.20. The van der Waals surface area contributed by atoms with Gasteiger partial charge in [-0.05, 0) is 30.7 Å². The largest absolute Gasteiger partial charge is 0.427 e. The van der Waals surface area contributed by atoms with Crippen LogP contribution >= 0.6 is 31.8 Å². The third-order valence-electron chi connectivity index (χ3n) is 3.20. The van der Waals surface area contributed by atoms with E-state index in [0.29, 0.717) is 18.6 Å². The van der Waals surface area contributed by atoms with Crippen molar-refractivity contribution in [2.24, 2.45) is 0 Å². The Morgan fingerprint density at radius 1 is 1.12 bits per heavy atom. The van der Waals surface area contributed by atoms with Crippen LogP contribution in [0.15, 0.2) is 48.5 Å². The molecule has 0 bridgehead atoms. The molecule has 0 radical (unpaired) electrons. The first-order valence-corrected chi connectivity index (χ1v) is 9.28. The molecule has 2 aromatic carbocycles. The fourth-order valence-corrected chi connectivity index (χ4v) is 3.44. The van der Waals surface area contributed by atoms with Crippen LogP contribution in [0.3, 0.4) is 0 Å². The summed E-state index contributed by atoms with van der Waals surface area (Å²) >= 11 is 12.2. The van der Waals surface area contributed by atoms with Crippen molar-refractivity contribution in [3.05, 3.63) is 64.1 Å². The maximum atomic E-state index is 12.7. The van der Waals surface area contributed by atoms with Gasteiger partial charge < -0.3 is 9.42 Å². The van der Waals surface area contributed by atoms with Crippen molar-refractivity contribution in [2.75, 3.05) is 0 Å². The molecule has 0 saturated heterocycles. The summed E-state index contributed by atoms with van der Waals surface area (Å²) in [5.41, 5.74) is 0.197. The normalized spacial score (nSPS) is 13.3. The second-order valence-corrected chi connectivity index (χ2v) is 6.67. The average molecular weight is 387 g/mol. The van der Waals surface area contributed by atoms with Crippen LogP contribution in [0.1, 0.15) is 30.1 Å². The highest BCUT2D eigenvalue weighted by molar-refractivity contribution is 7.41. The first kappa shape index (κ1) is 19.2. The molecule has 24 heavy (non-hydrogen) atoms. The number of carbonyl (C=O) groups excluding carboxylic acids is 1. The predicted octanol–water partition coefficient (Wildman–Crippen LogP) is 5.66. The Labute approximate surface area is 152 Å². The van der Waals surface area contributed by atoms with E-state index in [2.05, 4.69) is 0 Å². The van der Waals surface area contributed by atoms with Crippen LogP contribution in [0.2, 0.25) is 10.0 Å². The van der Waals surface area contributed by atoms with E-state index in [1.807, 2.05) is 13.0 Å². The molecular weight excluding hydrogens is 370 g/mol. The van der Waals surface area contributed by atoms with Gasteiger partial charge in [0.2, 0.25) is 0 Å². The van der Waals surface area contributed by atoms with Gasteiger partial charge in [-0.25, -0.2) is 0 Å². The van der Waals surface area contributed by atoms with Crippen LogP contribution in [0.5, 0.6) is 5.75 Å². The molecule has 0 saturated carbocycles. The summed E-state index contributed by atoms with van der Waals surface area (Å²) in [5, 5.41) is 0.506. The summed E-state index contributed by atoms with van der Waals surface area (Å²) in [6, 6.07) is 13.6. The molecule has 0 spiro atoms. The zero-order valence-corrected chi connectivity index (χ0v) is 15.4. The predicted molar refractivity (Wildman–Crippen MR) is 96.8 cm³/mol. The Morgan fingerprint density at radius 3 is 2.33 bits per heavy atom. The van der Waals surface area contributed by atoms with Crippen LogP contribution in [0, 0.1) is 0 Å². The summed E-state index contributed by atoms with van der Waals surface area (Å²) in [5.74, 6) is 0.0928. The van der Waals surface area contributed by atoms with Crippen molar-refractivity contribution in [3.8, 4) is 5.75 Å². The number of ketones is 1. The molecule has 4 nitrogen and oxygen atoms in total. The van der Waals surface area contributed by atoms with Crippen molar-refractivity contribution >= 4 is 37.6 Å². The van der Waals surface area contributed by atoms with Crippen LogP contribution in [0.4, 0.5) is 0 Å². The van der Waals surface area contributed by atoms with E-state index >= 15 is 0 Å². The van der Waals surface area contributed by atoms with E-state index < -0.39 is 14.7 Å². The number of hydrogen-bond donors (Lipinski definition) is 1. The van der Waals surface area contributed by atoms with Crippen LogP contribution < -0.4 is 4.52 Å². The number of benzene rings is 2. The van der Waals surface area contributed by atoms with Gasteiger partial charge in [-0.1, -0.05) is 60.8 Å². The highest BCUT2D eigenvalue weighted by Crippen LogP contribution is 2.38. The van der Waals surface area contributed by atoms with Gasteiger partial charge in [-0.3, -0.25) is 9.32 Å². The standard InChI is InChI=1S/C17H17Cl2O4P/c1-2-7-15(17(20)16-13(18)10-6-11-14(16)19)23-24(21)22-12-8-4-3-5-9-12/h3-6,8-11,15,21H,2,7H2,1H3. The molecular formula is C17H17Cl2O4P. The lowest BCUT2D eigenvalue weighted by Crippen LogP contribution is -2.24. The van der Waals surface area contributed by atoms with Gasteiger partial charge in [0.05, 0.1) is 15.6 Å². The topological polar surface area (TPSA) is 55.8 Å². The fraction of sp³-hybridized carbons (Fsp3) is 0.235.